The molecule has 1 aliphatic carbocycles. The highest BCUT2D eigenvalue weighted by atomic mass is 16.2. The number of fused-ring (bicyclic) bond motifs is 1. The average molecular weight is 466 g/mol. The predicted molar refractivity (Wildman–Crippen MR) is 135 cm³/mol. The van der Waals surface area contributed by atoms with Crippen molar-refractivity contribution in [2.24, 2.45) is 0 Å². The maximum Gasteiger partial charge on any atom is 0.256 e. The van der Waals surface area contributed by atoms with Crippen molar-refractivity contribution in [1.82, 2.24) is 14.8 Å². The second-order valence-electron chi connectivity index (χ2n) is 10.3. The molecule has 0 unspecified atom stereocenters. The maximum atomic E-state index is 13.6. The van der Waals surface area contributed by atoms with Gasteiger partial charge in [0.1, 0.15) is 0 Å². The number of carbonyl (C=O) groups is 2. The first kappa shape index (κ1) is 22.0. The van der Waals surface area contributed by atoms with Gasteiger partial charge in [-0.25, -0.2) is 0 Å². The van der Waals surface area contributed by atoms with Crippen molar-refractivity contribution < 1.29 is 9.59 Å². The number of nitrogens with zero attached hydrogens (tertiary/aromatic N) is 3. The first-order valence-corrected chi connectivity index (χ1v) is 12.7. The average Bonchev–Trinajstić information content (AvgIpc) is 3.60. The minimum Gasteiger partial charge on any atom is -0.342 e. The van der Waals surface area contributed by atoms with E-state index in [2.05, 4.69) is 24.3 Å². The van der Waals surface area contributed by atoms with Gasteiger partial charge in [-0.2, -0.15) is 0 Å². The summed E-state index contributed by atoms with van der Waals surface area (Å²) in [4.78, 5) is 35.9. The molecule has 178 valence electrons. The highest BCUT2D eigenvalue weighted by Crippen LogP contribution is 2.50. The van der Waals surface area contributed by atoms with Crippen LogP contribution in [0.15, 0.2) is 66.7 Å². The summed E-state index contributed by atoms with van der Waals surface area (Å²) < 4.78 is 0. The van der Waals surface area contributed by atoms with E-state index in [9.17, 15) is 9.59 Å². The number of pyridine rings is 1. The molecule has 2 aromatic carbocycles. The zero-order chi connectivity index (χ0) is 24.0. The van der Waals surface area contributed by atoms with Gasteiger partial charge in [0.2, 0.25) is 5.91 Å². The minimum atomic E-state index is -0.318. The van der Waals surface area contributed by atoms with E-state index in [-0.39, 0.29) is 23.1 Å². The molecule has 6 rings (SSSR count). The van der Waals surface area contributed by atoms with E-state index in [1.165, 1.54) is 11.1 Å². The van der Waals surface area contributed by atoms with Gasteiger partial charge in [-0.1, -0.05) is 54.6 Å². The van der Waals surface area contributed by atoms with E-state index in [0.717, 1.165) is 61.3 Å². The van der Waals surface area contributed by atoms with E-state index in [1.807, 2.05) is 59.2 Å². The Morgan fingerprint density at radius 3 is 2.09 bits per heavy atom. The fraction of sp³-hybridized carbons (Fsp3) is 0.367. The number of hydrogen-bond acceptors (Lipinski definition) is 3. The lowest BCUT2D eigenvalue weighted by Crippen LogP contribution is -2.44. The molecule has 5 nitrogen and oxygen atoms in total. The summed E-state index contributed by atoms with van der Waals surface area (Å²) in [6, 6.07) is 22.4. The molecule has 2 fully saturated rings. The lowest BCUT2D eigenvalue weighted by molar-refractivity contribution is -0.135. The Bertz CT molecular complexity index is 1250. The van der Waals surface area contributed by atoms with Crippen molar-refractivity contribution in [3.63, 3.8) is 0 Å². The molecule has 0 atom stereocenters. The number of hydrogen-bond donors (Lipinski definition) is 0. The van der Waals surface area contributed by atoms with Crippen molar-refractivity contribution in [1.29, 1.82) is 0 Å². The number of likely N-dealkylation sites (tertiary alicyclic amines) is 1. The fourth-order valence-corrected chi connectivity index (χ4v) is 5.88. The van der Waals surface area contributed by atoms with Crippen LogP contribution in [0.2, 0.25) is 0 Å². The summed E-state index contributed by atoms with van der Waals surface area (Å²) in [6.07, 6.45) is 3.55. The van der Waals surface area contributed by atoms with E-state index in [4.69, 9.17) is 4.98 Å². The Hall–Kier alpha value is -3.47. The van der Waals surface area contributed by atoms with Crippen LogP contribution in [-0.2, 0) is 23.3 Å². The van der Waals surface area contributed by atoms with Crippen LogP contribution in [0.5, 0.6) is 0 Å². The van der Waals surface area contributed by atoms with Crippen LogP contribution >= 0.6 is 0 Å². The molecule has 3 aromatic rings. The second kappa shape index (κ2) is 8.63. The van der Waals surface area contributed by atoms with Crippen LogP contribution in [0.3, 0.4) is 0 Å². The molecular weight excluding hydrogens is 434 g/mol. The SMILES string of the molecule is Cc1ccc(C(=O)N2Cc3ccccc3C2)c(C2CCN(C(=O)C3(c4ccccc4)CC3)CC2)n1. The van der Waals surface area contributed by atoms with Crippen LogP contribution in [0.4, 0.5) is 0 Å². The molecule has 5 heteroatoms. The number of rotatable bonds is 4. The Morgan fingerprint density at radius 1 is 0.829 bits per heavy atom. The molecule has 0 spiro atoms. The Kier molecular flexibility index (Phi) is 5.43. The number of aromatic nitrogens is 1. The van der Waals surface area contributed by atoms with Crippen molar-refractivity contribution in [2.75, 3.05) is 13.1 Å². The third-order valence-electron chi connectivity index (χ3n) is 8.08. The maximum absolute atomic E-state index is 13.6. The highest BCUT2D eigenvalue weighted by molar-refractivity contribution is 5.96. The molecule has 1 saturated heterocycles. The van der Waals surface area contributed by atoms with Gasteiger partial charge >= 0.3 is 0 Å². The monoisotopic (exact) mass is 465 g/mol. The summed E-state index contributed by atoms with van der Waals surface area (Å²) in [6.45, 7) is 4.72. The summed E-state index contributed by atoms with van der Waals surface area (Å²) in [7, 11) is 0. The molecule has 2 amide bonds. The van der Waals surface area contributed by atoms with Gasteiger partial charge in [0.05, 0.1) is 16.7 Å². The highest BCUT2D eigenvalue weighted by Gasteiger charge is 2.53. The van der Waals surface area contributed by atoms with Crippen LogP contribution in [0.25, 0.3) is 0 Å². The third-order valence-corrected chi connectivity index (χ3v) is 8.08. The van der Waals surface area contributed by atoms with Gasteiger partial charge in [-0.15, -0.1) is 0 Å². The van der Waals surface area contributed by atoms with E-state index in [0.29, 0.717) is 13.1 Å². The Morgan fingerprint density at radius 2 is 1.46 bits per heavy atom. The number of piperidine rings is 1. The second-order valence-corrected chi connectivity index (χ2v) is 10.3. The molecule has 0 radical (unpaired) electrons. The van der Waals surface area contributed by atoms with Gasteiger partial charge in [-0.05, 0) is 61.4 Å². The molecule has 1 aromatic heterocycles. The lowest BCUT2D eigenvalue weighted by Gasteiger charge is -2.35. The number of benzene rings is 2. The zero-order valence-corrected chi connectivity index (χ0v) is 20.2. The van der Waals surface area contributed by atoms with Gasteiger partial charge in [0.15, 0.2) is 0 Å². The fourth-order valence-electron chi connectivity index (χ4n) is 5.88. The number of carbonyl (C=O) groups excluding carboxylic acids is 2. The van der Waals surface area contributed by atoms with Gasteiger partial charge in [0.25, 0.3) is 5.91 Å². The smallest absolute Gasteiger partial charge is 0.256 e. The largest absolute Gasteiger partial charge is 0.342 e. The third kappa shape index (κ3) is 3.93. The van der Waals surface area contributed by atoms with Crippen molar-refractivity contribution in [3.8, 4) is 0 Å². The van der Waals surface area contributed by atoms with Gasteiger partial charge < -0.3 is 9.80 Å². The predicted octanol–water partition coefficient (Wildman–Crippen LogP) is 4.98. The quantitative estimate of drug-likeness (QED) is 0.546. The van der Waals surface area contributed by atoms with Crippen LogP contribution in [0.1, 0.15) is 70.0 Å². The standard InChI is InChI=1S/C30H31N3O2/c1-21-11-12-26(28(34)33-19-23-7-5-6-8-24(23)20-33)27(31-21)22-13-17-32(18-14-22)29(35)30(15-16-30)25-9-3-2-4-10-25/h2-12,22H,13-20H2,1H3. The molecular formula is C30H31N3O2. The van der Waals surface area contributed by atoms with E-state index in [1.54, 1.807) is 0 Å². The molecule has 1 saturated carbocycles. The van der Waals surface area contributed by atoms with Gasteiger partial charge in [-0.3, -0.25) is 14.6 Å². The lowest BCUT2D eigenvalue weighted by atomic mass is 9.88. The van der Waals surface area contributed by atoms with Crippen molar-refractivity contribution in [2.45, 2.75) is 57.0 Å². The first-order valence-electron chi connectivity index (χ1n) is 12.7. The summed E-state index contributed by atoms with van der Waals surface area (Å²) >= 11 is 0. The summed E-state index contributed by atoms with van der Waals surface area (Å²) in [5.41, 5.74) is 5.83. The molecule has 3 heterocycles. The molecule has 3 aliphatic rings. The van der Waals surface area contributed by atoms with E-state index >= 15 is 0 Å². The number of aryl methyl sites for hydroxylation is 1. The van der Waals surface area contributed by atoms with Crippen LogP contribution in [-0.4, -0.2) is 39.7 Å². The van der Waals surface area contributed by atoms with Crippen LogP contribution < -0.4 is 0 Å². The normalized spacial score (nSPS) is 18.9. The van der Waals surface area contributed by atoms with Crippen molar-refractivity contribution >= 4 is 11.8 Å². The Labute approximate surface area is 206 Å². The Balaban J connectivity index is 1.18. The number of amides is 2. The summed E-state index contributed by atoms with van der Waals surface area (Å²) in [5.74, 6) is 0.517. The molecule has 2 aliphatic heterocycles. The molecule has 0 N–H and O–H groups in total. The van der Waals surface area contributed by atoms with Crippen molar-refractivity contribution in [3.05, 3.63) is 100 Å². The van der Waals surface area contributed by atoms with Crippen LogP contribution in [0, 0.1) is 6.92 Å². The first-order chi connectivity index (χ1) is 17.0. The van der Waals surface area contributed by atoms with Gasteiger partial charge in [0, 0.05) is 37.8 Å². The summed E-state index contributed by atoms with van der Waals surface area (Å²) in [5, 5.41) is 0. The minimum absolute atomic E-state index is 0.0585. The molecule has 0 bridgehead atoms. The van der Waals surface area contributed by atoms with E-state index < -0.39 is 0 Å². The topological polar surface area (TPSA) is 53.5 Å². The zero-order valence-electron chi connectivity index (χ0n) is 20.2. The molecule has 35 heavy (non-hydrogen) atoms.